The van der Waals surface area contributed by atoms with Crippen molar-refractivity contribution < 1.29 is 9.13 Å². The van der Waals surface area contributed by atoms with Crippen molar-refractivity contribution in [3.05, 3.63) is 77.9 Å². The van der Waals surface area contributed by atoms with Crippen LogP contribution in [0, 0.1) is 5.82 Å². The number of nitrogens with zero attached hydrogens (tertiary/aromatic N) is 5. The van der Waals surface area contributed by atoms with Crippen LogP contribution >= 0.6 is 0 Å². The Labute approximate surface area is 244 Å². The number of fused-ring (bicyclic) bond motifs is 3. The van der Waals surface area contributed by atoms with E-state index in [-0.39, 0.29) is 22.8 Å². The van der Waals surface area contributed by atoms with Gasteiger partial charge in [0.2, 0.25) is 0 Å². The minimum atomic E-state index is -0.497. The molecular weight excluding hydrogens is 529 g/mol. The van der Waals surface area contributed by atoms with E-state index >= 15 is 4.39 Å². The highest BCUT2D eigenvalue weighted by Crippen LogP contribution is 2.40. The number of halogens is 1. The van der Waals surface area contributed by atoms with Crippen molar-refractivity contribution in [1.29, 1.82) is 0 Å². The van der Waals surface area contributed by atoms with Crippen molar-refractivity contribution in [1.82, 2.24) is 24.8 Å². The molecule has 9 heteroatoms. The van der Waals surface area contributed by atoms with E-state index < -0.39 is 5.82 Å². The van der Waals surface area contributed by atoms with Crippen LogP contribution in [0.1, 0.15) is 43.7 Å². The van der Waals surface area contributed by atoms with Crippen molar-refractivity contribution in [3.8, 4) is 17.3 Å². The van der Waals surface area contributed by atoms with E-state index in [0.29, 0.717) is 30.2 Å². The van der Waals surface area contributed by atoms with Gasteiger partial charge in [-0.2, -0.15) is 9.97 Å². The number of rotatable bonds is 8. The Bertz CT molecular complexity index is 1780. The summed E-state index contributed by atoms with van der Waals surface area (Å²) in [5, 5.41) is 5.85. The molecule has 0 saturated carbocycles. The number of aryl methyl sites for hydroxylation is 1. The van der Waals surface area contributed by atoms with Gasteiger partial charge < -0.3 is 15.8 Å². The number of pyridine rings is 2. The lowest BCUT2D eigenvalue weighted by atomic mass is 9.95. The quantitative estimate of drug-likeness (QED) is 0.232. The van der Waals surface area contributed by atoms with Gasteiger partial charge in [0.25, 0.3) is 0 Å². The summed E-state index contributed by atoms with van der Waals surface area (Å²) < 4.78 is 22.9. The Kier molecular flexibility index (Phi) is 6.82. The number of nitrogen functional groups attached to an aromatic ring is 1. The molecule has 0 amide bonds. The number of nitrogens with one attached hydrogen (secondary N) is 1. The average molecular weight is 564 g/mol. The first-order valence-electron chi connectivity index (χ1n) is 14.7. The largest absolute Gasteiger partial charge is 0.461 e. The third kappa shape index (κ3) is 4.58. The smallest absolute Gasteiger partial charge is 0.319 e. The van der Waals surface area contributed by atoms with Gasteiger partial charge in [-0.05, 0) is 67.6 Å². The number of hydrogen-bond acceptors (Lipinski definition) is 8. The first-order chi connectivity index (χ1) is 20.6. The van der Waals surface area contributed by atoms with E-state index in [4.69, 9.17) is 15.5 Å². The van der Waals surface area contributed by atoms with Crippen LogP contribution in [0.4, 0.5) is 16.0 Å². The monoisotopic (exact) mass is 563 g/mol. The van der Waals surface area contributed by atoms with Crippen LogP contribution in [0.5, 0.6) is 6.01 Å². The predicted molar refractivity (Wildman–Crippen MR) is 164 cm³/mol. The first kappa shape index (κ1) is 26.5. The minimum absolute atomic E-state index is 0.0114. The summed E-state index contributed by atoms with van der Waals surface area (Å²) in [4.78, 5) is 20.7. The molecule has 0 aliphatic carbocycles. The topological polar surface area (TPSA) is 102 Å². The Balaban J connectivity index is 1.32. The molecule has 214 valence electrons. The summed E-state index contributed by atoms with van der Waals surface area (Å²) in [6.07, 6.45) is 8.63. The molecule has 5 aromatic rings. The van der Waals surface area contributed by atoms with Crippen LogP contribution in [-0.2, 0) is 13.0 Å². The van der Waals surface area contributed by atoms with Crippen molar-refractivity contribution in [3.63, 3.8) is 0 Å². The van der Waals surface area contributed by atoms with E-state index in [1.165, 1.54) is 0 Å². The number of aromatic nitrogens is 4. The fraction of sp³-hybridized carbons (Fsp3) is 0.333. The third-order valence-corrected chi connectivity index (χ3v) is 8.94. The molecule has 0 unspecified atom stereocenters. The maximum atomic E-state index is 16.6. The van der Waals surface area contributed by atoms with Crippen LogP contribution in [0.25, 0.3) is 32.9 Å². The van der Waals surface area contributed by atoms with Gasteiger partial charge in [-0.15, -0.1) is 0 Å². The predicted octanol–water partition coefficient (Wildman–Crippen LogP) is 6.14. The molecule has 2 saturated heterocycles. The maximum Gasteiger partial charge on any atom is 0.319 e. The SMILES string of the molecule is CCc1cccc2cccc(-c3ncc4c(NCc5cccnc5N)nc(OCC56CCCN5CCC6)nc4c3F)c12. The van der Waals surface area contributed by atoms with Crippen LogP contribution in [0.2, 0.25) is 0 Å². The molecule has 0 bridgehead atoms. The van der Waals surface area contributed by atoms with Crippen LogP contribution in [0.3, 0.4) is 0 Å². The minimum Gasteiger partial charge on any atom is -0.461 e. The normalized spacial score (nSPS) is 16.2. The van der Waals surface area contributed by atoms with Gasteiger partial charge >= 0.3 is 6.01 Å². The second-order valence-electron chi connectivity index (χ2n) is 11.3. The highest BCUT2D eigenvalue weighted by molar-refractivity contribution is 6.00. The Morgan fingerprint density at radius 1 is 1.00 bits per heavy atom. The lowest BCUT2D eigenvalue weighted by molar-refractivity contribution is 0.108. The molecule has 2 fully saturated rings. The lowest BCUT2D eigenvalue weighted by Gasteiger charge is -2.31. The van der Waals surface area contributed by atoms with E-state index in [2.05, 4.69) is 38.2 Å². The molecule has 0 atom stereocenters. The molecule has 2 aliphatic rings. The number of ether oxygens (including phenoxy) is 1. The van der Waals surface area contributed by atoms with Gasteiger partial charge in [0.15, 0.2) is 5.82 Å². The molecule has 7 rings (SSSR count). The zero-order valence-corrected chi connectivity index (χ0v) is 23.7. The summed E-state index contributed by atoms with van der Waals surface area (Å²) in [7, 11) is 0. The maximum absolute atomic E-state index is 16.6. The average Bonchev–Trinajstić information content (AvgIpc) is 3.60. The number of benzene rings is 2. The van der Waals surface area contributed by atoms with Gasteiger partial charge in [-0.1, -0.05) is 49.4 Å². The summed E-state index contributed by atoms with van der Waals surface area (Å²) in [6.45, 7) is 5.13. The van der Waals surface area contributed by atoms with Crippen molar-refractivity contribution in [2.45, 2.75) is 51.1 Å². The number of anilines is 2. The van der Waals surface area contributed by atoms with Crippen molar-refractivity contribution in [2.75, 3.05) is 30.7 Å². The molecule has 8 nitrogen and oxygen atoms in total. The molecule has 2 aromatic carbocycles. The highest BCUT2D eigenvalue weighted by atomic mass is 19.1. The van der Waals surface area contributed by atoms with Crippen molar-refractivity contribution >= 4 is 33.3 Å². The highest BCUT2D eigenvalue weighted by Gasteiger charge is 2.45. The van der Waals surface area contributed by atoms with E-state index in [0.717, 1.165) is 72.7 Å². The Morgan fingerprint density at radius 2 is 1.79 bits per heavy atom. The zero-order valence-electron chi connectivity index (χ0n) is 23.7. The second-order valence-corrected chi connectivity index (χ2v) is 11.3. The van der Waals surface area contributed by atoms with Gasteiger partial charge in [0.05, 0.1) is 10.9 Å². The zero-order chi connectivity index (χ0) is 28.7. The van der Waals surface area contributed by atoms with Gasteiger partial charge in [-0.25, -0.2) is 9.37 Å². The van der Waals surface area contributed by atoms with E-state index in [1.54, 1.807) is 12.4 Å². The molecule has 3 aromatic heterocycles. The molecule has 42 heavy (non-hydrogen) atoms. The van der Waals surface area contributed by atoms with Gasteiger partial charge in [0, 0.05) is 30.1 Å². The summed E-state index contributed by atoms with van der Waals surface area (Å²) in [5.74, 6) is 0.370. The van der Waals surface area contributed by atoms with E-state index in [9.17, 15) is 0 Å². The van der Waals surface area contributed by atoms with Crippen LogP contribution in [0.15, 0.2) is 60.9 Å². The molecule has 5 heterocycles. The summed E-state index contributed by atoms with van der Waals surface area (Å²) >= 11 is 0. The van der Waals surface area contributed by atoms with Gasteiger partial charge in [0.1, 0.15) is 29.5 Å². The number of hydrogen-bond donors (Lipinski definition) is 2. The fourth-order valence-corrected chi connectivity index (χ4v) is 6.77. The Hall–Kier alpha value is -4.37. The fourth-order valence-electron chi connectivity index (χ4n) is 6.77. The standard InChI is InChI=1S/C33H34FN7O/c1-2-21-8-3-9-22-10-4-12-24(26(21)22)28-27(34)29-25(19-37-28)31(38-18-23-11-5-15-36-30(23)35)40-32(39-29)42-20-33-13-6-16-41(33)17-7-14-33/h3-5,8-12,15,19H,2,6-7,13-14,16-18,20H2,1H3,(H2,35,36)(H,38,39,40). The van der Waals surface area contributed by atoms with E-state index in [1.807, 2.05) is 42.5 Å². The summed E-state index contributed by atoms with van der Waals surface area (Å²) in [6, 6.07) is 16.0. The molecular formula is C33H34FN7O. The molecule has 0 spiro atoms. The molecule has 3 N–H and O–H groups in total. The Morgan fingerprint density at radius 3 is 2.57 bits per heavy atom. The van der Waals surface area contributed by atoms with Crippen molar-refractivity contribution in [2.24, 2.45) is 0 Å². The molecule has 2 aliphatic heterocycles. The lowest BCUT2D eigenvalue weighted by Crippen LogP contribution is -2.43. The molecule has 0 radical (unpaired) electrons. The third-order valence-electron chi connectivity index (χ3n) is 8.94. The second kappa shape index (κ2) is 10.8. The van der Waals surface area contributed by atoms with Gasteiger partial charge in [-0.3, -0.25) is 9.88 Å². The summed E-state index contributed by atoms with van der Waals surface area (Å²) in [5.41, 5.74) is 9.23. The van der Waals surface area contributed by atoms with Crippen LogP contribution in [-0.4, -0.2) is 50.1 Å². The number of nitrogens with two attached hydrogens (primary N) is 1. The van der Waals surface area contributed by atoms with Crippen LogP contribution < -0.4 is 15.8 Å². The first-order valence-corrected chi connectivity index (χ1v) is 14.7.